The summed E-state index contributed by atoms with van der Waals surface area (Å²) in [4.78, 5) is 38.1. The van der Waals surface area contributed by atoms with Crippen molar-refractivity contribution in [3.05, 3.63) is 59.9 Å². The van der Waals surface area contributed by atoms with E-state index in [1.807, 2.05) is 6.92 Å². The van der Waals surface area contributed by atoms with Crippen LogP contribution < -0.4 is 14.8 Å². The molecule has 1 fully saturated rings. The van der Waals surface area contributed by atoms with Crippen molar-refractivity contribution in [1.29, 1.82) is 0 Å². The molecule has 7 nitrogen and oxygen atoms in total. The first-order valence-electron chi connectivity index (χ1n) is 9.17. The van der Waals surface area contributed by atoms with E-state index < -0.39 is 35.8 Å². The molecule has 2 aromatic rings. The molecule has 152 valence electrons. The molecular weight excluding hydrogens is 379 g/mol. The number of nitrogens with one attached hydrogen (secondary N) is 1. The van der Waals surface area contributed by atoms with Gasteiger partial charge in [-0.15, -0.1) is 0 Å². The van der Waals surface area contributed by atoms with Crippen molar-refractivity contribution in [3.8, 4) is 11.5 Å². The van der Waals surface area contributed by atoms with Crippen LogP contribution in [0.25, 0.3) is 0 Å². The predicted octanol–water partition coefficient (Wildman–Crippen LogP) is 2.99. The highest BCUT2D eigenvalue weighted by Gasteiger charge is 2.49. The van der Waals surface area contributed by atoms with Crippen molar-refractivity contribution in [2.75, 3.05) is 13.2 Å². The molecule has 1 heterocycles. The smallest absolute Gasteiger partial charge is 0.331 e. The van der Waals surface area contributed by atoms with E-state index in [4.69, 9.17) is 9.47 Å². The highest BCUT2D eigenvalue weighted by Crippen LogP contribution is 2.29. The number of halogens is 1. The Morgan fingerprint density at radius 1 is 1.07 bits per heavy atom. The fourth-order valence-electron chi connectivity index (χ4n) is 2.94. The van der Waals surface area contributed by atoms with Gasteiger partial charge in [0.2, 0.25) is 0 Å². The Hall–Kier alpha value is -3.42. The summed E-state index contributed by atoms with van der Waals surface area (Å²) in [5.41, 5.74) is -0.973. The predicted molar refractivity (Wildman–Crippen MR) is 102 cm³/mol. The number of urea groups is 1. The molecule has 3 amide bonds. The van der Waals surface area contributed by atoms with Crippen LogP contribution in [0.1, 0.15) is 25.8 Å². The van der Waals surface area contributed by atoms with Crippen molar-refractivity contribution < 1.29 is 28.2 Å². The van der Waals surface area contributed by atoms with Crippen LogP contribution in [0, 0.1) is 5.82 Å². The minimum Gasteiger partial charge on any atom is -0.494 e. The molecular formula is C21H21FN2O5. The standard InChI is InChI=1S/C21H21FN2O5/c1-3-12-28-16-8-10-17(11-9-16)29-18(25)13-24-19(26)21(2,23-20(24)27)14-4-6-15(22)7-5-14/h4-11H,3,12-13H2,1-2H3,(H,23,27). The van der Waals surface area contributed by atoms with Gasteiger partial charge in [0, 0.05) is 0 Å². The highest BCUT2D eigenvalue weighted by molar-refractivity contribution is 6.08. The SMILES string of the molecule is CCCOc1ccc(OC(=O)CN2C(=O)NC(C)(c3ccc(F)cc3)C2=O)cc1. The van der Waals surface area contributed by atoms with Crippen LogP contribution in [-0.2, 0) is 15.1 Å². The molecule has 0 aromatic heterocycles. The maximum atomic E-state index is 13.2. The average molecular weight is 400 g/mol. The summed E-state index contributed by atoms with van der Waals surface area (Å²) in [5, 5.41) is 2.55. The molecule has 2 aromatic carbocycles. The maximum absolute atomic E-state index is 13.2. The van der Waals surface area contributed by atoms with Crippen LogP contribution in [0.4, 0.5) is 9.18 Å². The molecule has 3 rings (SSSR count). The minimum absolute atomic E-state index is 0.271. The van der Waals surface area contributed by atoms with Crippen LogP contribution in [-0.4, -0.2) is 36.0 Å². The van der Waals surface area contributed by atoms with E-state index in [-0.39, 0.29) is 5.75 Å². The molecule has 1 unspecified atom stereocenters. The summed E-state index contributed by atoms with van der Waals surface area (Å²) in [6.07, 6.45) is 0.875. The number of hydrogen-bond acceptors (Lipinski definition) is 5. The average Bonchev–Trinajstić information content (AvgIpc) is 2.92. The van der Waals surface area contributed by atoms with Gasteiger partial charge in [-0.2, -0.15) is 0 Å². The van der Waals surface area contributed by atoms with Crippen LogP contribution in [0.3, 0.4) is 0 Å². The van der Waals surface area contributed by atoms with Gasteiger partial charge in [-0.05, 0) is 55.3 Å². The van der Waals surface area contributed by atoms with E-state index in [1.165, 1.54) is 31.2 Å². The number of carbonyl (C=O) groups excluding carboxylic acids is 3. The van der Waals surface area contributed by atoms with Crippen molar-refractivity contribution in [2.45, 2.75) is 25.8 Å². The normalized spacial score (nSPS) is 18.5. The lowest BCUT2D eigenvalue weighted by Gasteiger charge is -2.22. The molecule has 0 bridgehead atoms. The van der Waals surface area contributed by atoms with Crippen LogP contribution in [0.15, 0.2) is 48.5 Å². The van der Waals surface area contributed by atoms with E-state index in [9.17, 15) is 18.8 Å². The lowest BCUT2D eigenvalue weighted by atomic mass is 9.92. The number of carbonyl (C=O) groups is 3. The van der Waals surface area contributed by atoms with Gasteiger partial charge >= 0.3 is 12.0 Å². The molecule has 1 aliphatic heterocycles. The quantitative estimate of drug-likeness (QED) is 0.439. The summed E-state index contributed by atoms with van der Waals surface area (Å²) in [6, 6.07) is 11.0. The number of nitrogens with zero attached hydrogens (tertiary/aromatic N) is 1. The molecule has 1 saturated heterocycles. The third kappa shape index (κ3) is 4.37. The number of amides is 3. The van der Waals surface area contributed by atoms with Crippen molar-refractivity contribution in [1.82, 2.24) is 10.2 Å². The van der Waals surface area contributed by atoms with Crippen LogP contribution in [0.5, 0.6) is 11.5 Å². The first-order chi connectivity index (χ1) is 13.8. The Kier molecular flexibility index (Phi) is 5.81. The van der Waals surface area contributed by atoms with Crippen LogP contribution in [0.2, 0.25) is 0 Å². The van der Waals surface area contributed by atoms with Gasteiger partial charge in [0.05, 0.1) is 6.61 Å². The van der Waals surface area contributed by atoms with Crippen molar-refractivity contribution >= 4 is 17.9 Å². The van der Waals surface area contributed by atoms with E-state index in [0.717, 1.165) is 11.3 Å². The number of esters is 1. The molecule has 1 atom stereocenters. The van der Waals surface area contributed by atoms with E-state index in [2.05, 4.69) is 5.32 Å². The van der Waals surface area contributed by atoms with Gasteiger partial charge in [-0.1, -0.05) is 19.1 Å². The highest BCUT2D eigenvalue weighted by atomic mass is 19.1. The summed E-state index contributed by atoms with van der Waals surface area (Å²) in [6.45, 7) is 3.53. The monoisotopic (exact) mass is 400 g/mol. The topological polar surface area (TPSA) is 84.9 Å². The second-order valence-electron chi connectivity index (χ2n) is 6.75. The third-order valence-corrected chi connectivity index (χ3v) is 4.51. The Morgan fingerprint density at radius 2 is 1.69 bits per heavy atom. The second-order valence-corrected chi connectivity index (χ2v) is 6.75. The summed E-state index contributed by atoms with van der Waals surface area (Å²) >= 11 is 0. The first-order valence-corrected chi connectivity index (χ1v) is 9.17. The minimum atomic E-state index is -1.39. The van der Waals surface area contributed by atoms with Gasteiger partial charge in [0.15, 0.2) is 0 Å². The molecule has 0 saturated carbocycles. The molecule has 0 spiro atoms. The second kappa shape index (κ2) is 8.30. The summed E-state index contributed by atoms with van der Waals surface area (Å²) < 4.78 is 23.8. The lowest BCUT2D eigenvalue weighted by molar-refractivity contribution is -0.140. The Balaban J connectivity index is 1.65. The molecule has 0 aliphatic carbocycles. The van der Waals surface area contributed by atoms with E-state index in [1.54, 1.807) is 24.3 Å². The van der Waals surface area contributed by atoms with Gasteiger partial charge in [0.25, 0.3) is 5.91 Å². The van der Waals surface area contributed by atoms with Gasteiger partial charge in [-0.3, -0.25) is 9.69 Å². The maximum Gasteiger partial charge on any atom is 0.331 e. The molecule has 0 radical (unpaired) electrons. The number of benzene rings is 2. The van der Waals surface area contributed by atoms with E-state index >= 15 is 0 Å². The lowest BCUT2D eigenvalue weighted by Crippen LogP contribution is -2.42. The van der Waals surface area contributed by atoms with Crippen LogP contribution >= 0.6 is 0 Å². The van der Waals surface area contributed by atoms with Gasteiger partial charge in [0.1, 0.15) is 29.4 Å². The Morgan fingerprint density at radius 3 is 2.31 bits per heavy atom. The summed E-state index contributed by atoms with van der Waals surface area (Å²) in [7, 11) is 0. The number of ether oxygens (including phenoxy) is 2. The van der Waals surface area contributed by atoms with E-state index in [0.29, 0.717) is 17.9 Å². The van der Waals surface area contributed by atoms with Gasteiger partial charge < -0.3 is 14.8 Å². The molecule has 29 heavy (non-hydrogen) atoms. The number of imide groups is 1. The largest absolute Gasteiger partial charge is 0.494 e. The fraction of sp³-hybridized carbons (Fsp3) is 0.286. The summed E-state index contributed by atoms with van der Waals surface area (Å²) in [5.74, 6) is -0.919. The zero-order valence-electron chi connectivity index (χ0n) is 16.1. The zero-order valence-corrected chi connectivity index (χ0v) is 16.1. The third-order valence-electron chi connectivity index (χ3n) is 4.51. The number of rotatable bonds is 7. The van der Waals surface area contributed by atoms with Gasteiger partial charge in [-0.25, -0.2) is 14.0 Å². The molecule has 1 N–H and O–H groups in total. The first kappa shape index (κ1) is 20.3. The Labute approximate surface area is 167 Å². The molecule has 8 heteroatoms. The molecule has 1 aliphatic rings. The van der Waals surface area contributed by atoms with Crippen molar-refractivity contribution in [2.24, 2.45) is 0 Å². The Bertz CT molecular complexity index is 914. The zero-order chi connectivity index (χ0) is 21.0. The number of hydrogen-bond donors (Lipinski definition) is 1. The fourth-order valence-corrected chi connectivity index (χ4v) is 2.94. The van der Waals surface area contributed by atoms with Crippen molar-refractivity contribution in [3.63, 3.8) is 0 Å².